The topological polar surface area (TPSA) is 55.9 Å². The van der Waals surface area contributed by atoms with Crippen LogP contribution < -0.4 is 5.32 Å². The molecule has 26 heavy (non-hydrogen) atoms. The summed E-state index contributed by atoms with van der Waals surface area (Å²) in [4.78, 5) is 31.4. The first-order valence-corrected chi connectivity index (χ1v) is 10.7. The summed E-state index contributed by atoms with van der Waals surface area (Å²) in [7, 11) is 0. The Bertz CT molecular complexity index is 500. The van der Waals surface area contributed by atoms with Crippen LogP contribution in [-0.2, 0) is 9.59 Å². The van der Waals surface area contributed by atoms with Crippen LogP contribution >= 0.6 is 0 Å². The minimum absolute atomic E-state index is 0.273. The highest BCUT2D eigenvalue weighted by molar-refractivity contribution is 5.78. The molecular formula is C20H34N4O2. The summed E-state index contributed by atoms with van der Waals surface area (Å²) >= 11 is 0. The number of rotatable bonds is 4. The minimum atomic E-state index is 0.273. The summed E-state index contributed by atoms with van der Waals surface area (Å²) < 4.78 is 0. The zero-order valence-electron chi connectivity index (χ0n) is 16.0. The van der Waals surface area contributed by atoms with Gasteiger partial charge >= 0.3 is 0 Å². The first-order valence-electron chi connectivity index (χ1n) is 10.7. The van der Waals surface area contributed by atoms with Crippen molar-refractivity contribution in [1.29, 1.82) is 0 Å². The molecule has 1 N–H and O–H groups in total. The highest BCUT2D eigenvalue weighted by Crippen LogP contribution is 2.33. The number of piperidine rings is 2. The maximum absolute atomic E-state index is 12.7. The Morgan fingerprint density at radius 1 is 0.769 bits per heavy atom. The van der Waals surface area contributed by atoms with Gasteiger partial charge in [-0.2, -0.15) is 0 Å². The van der Waals surface area contributed by atoms with Gasteiger partial charge in [0.05, 0.1) is 6.54 Å². The van der Waals surface area contributed by atoms with E-state index in [1.54, 1.807) is 0 Å². The molecule has 146 valence electrons. The van der Waals surface area contributed by atoms with Gasteiger partial charge in [-0.05, 0) is 50.9 Å². The zero-order chi connectivity index (χ0) is 17.9. The molecule has 4 rings (SSSR count). The smallest absolute Gasteiger partial charge is 0.236 e. The number of nitrogens with zero attached hydrogens (tertiary/aromatic N) is 3. The quantitative estimate of drug-likeness (QED) is 0.813. The molecule has 0 aliphatic carbocycles. The SMILES string of the molecule is O=C(CC1CC2CCC(C1)N2)N1CCN(CC(=O)N2CCCCC2)CC1. The fourth-order valence-corrected chi connectivity index (χ4v) is 5.31. The van der Waals surface area contributed by atoms with Gasteiger partial charge in [-0.15, -0.1) is 0 Å². The standard InChI is InChI=1S/C20H34N4O2/c25-19(14-16-12-17-4-5-18(13-16)21-17)24-10-8-22(9-11-24)15-20(26)23-6-2-1-3-7-23/h16-18,21H,1-15H2. The molecule has 2 unspecified atom stereocenters. The molecule has 2 bridgehead atoms. The van der Waals surface area contributed by atoms with Crippen LogP contribution in [-0.4, -0.2) is 84.4 Å². The average molecular weight is 363 g/mol. The lowest BCUT2D eigenvalue weighted by molar-refractivity contribution is -0.136. The van der Waals surface area contributed by atoms with Crippen molar-refractivity contribution < 1.29 is 9.59 Å². The van der Waals surface area contributed by atoms with E-state index in [1.165, 1.54) is 32.1 Å². The second kappa shape index (κ2) is 8.26. The molecule has 0 aromatic heterocycles. The van der Waals surface area contributed by atoms with Gasteiger partial charge in [-0.3, -0.25) is 14.5 Å². The molecule has 4 heterocycles. The first kappa shape index (κ1) is 18.2. The van der Waals surface area contributed by atoms with Gasteiger partial charge in [0.1, 0.15) is 0 Å². The Hall–Kier alpha value is -1.14. The number of carbonyl (C=O) groups excluding carboxylic acids is 2. The van der Waals surface area contributed by atoms with Crippen molar-refractivity contribution >= 4 is 11.8 Å². The van der Waals surface area contributed by atoms with Gasteiger partial charge in [-0.1, -0.05) is 0 Å². The second-order valence-corrected chi connectivity index (χ2v) is 8.78. The Morgan fingerprint density at radius 3 is 2.04 bits per heavy atom. The molecule has 4 aliphatic heterocycles. The molecule has 4 fully saturated rings. The molecule has 0 aromatic rings. The van der Waals surface area contributed by atoms with Crippen LogP contribution in [0.15, 0.2) is 0 Å². The van der Waals surface area contributed by atoms with Crippen LogP contribution in [0, 0.1) is 5.92 Å². The van der Waals surface area contributed by atoms with Gasteiger partial charge in [0.2, 0.25) is 11.8 Å². The van der Waals surface area contributed by atoms with Crippen LogP contribution in [0.2, 0.25) is 0 Å². The maximum atomic E-state index is 12.7. The predicted octanol–water partition coefficient (Wildman–Crippen LogP) is 1.06. The Labute approximate surface area is 157 Å². The van der Waals surface area contributed by atoms with E-state index in [2.05, 4.69) is 10.2 Å². The molecule has 6 heteroatoms. The number of fused-ring (bicyclic) bond motifs is 2. The highest BCUT2D eigenvalue weighted by Gasteiger charge is 2.35. The molecule has 4 saturated heterocycles. The molecule has 2 amide bonds. The minimum Gasteiger partial charge on any atom is -0.342 e. The van der Waals surface area contributed by atoms with Crippen LogP contribution in [0.5, 0.6) is 0 Å². The van der Waals surface area contributed by atoms with Gasteiger partial charge in [0.25, 0.3) is 0 Å². The van der Waals surface area contributed by atoms with E-state index in [0.717, 1.165) is 58.5 Å². The number of amides is 2. The fourth-order valence-electron chi connectivity index (χ4n) is 5.31. The normalized spacial score (nSPS) is 32.7. The number of piperazine rings is 1. The van der Waals surface area contributed by atoms with Crippen molar-refractivity contribution in [2.45, 2.75) is 63.5 Å². The monoisotopic (exact) mass is 362 g/mol. The lowest BCUT2D eigenvalue weighted by Gasteiger charge is -2.37. The van der Waals surface area contributed by atoms with E-state index in [0.29, 0.717) is 30.5 Å². The largest absolute Gasteiger partial charge is 0.342 e. The van der Waals surface area contributed by atoms with E-state index in [1.807, 2.05) is 9.80 Å². The predicted molar refractivity (Wildman–Crippen MR) is 101 cm³/mol. The molecule has 0 aromatic carbocycles. The summed E-state index contributed by atoms with van der Waals surface area (Å²) in [5.41, 5.74) is 0. The number of carbonyl (C=O) groups is 2. The van der Waals surface area contributed by atoms with Crippen molar-refractivity contribution in [3.8, 4) is 0 Å². The third-order valence-corrected chi connectivity index (χ3v) is 6.83. The molecule has 0 spiro atoms. The van der Waals surface area contributed by atoms with E-state index >= 15 is 0 Å². The summed E-state index contributed by atoms with van der Waals surface area (Å²) in [5, 5.41) is 3.66. The van der Waals surface area contributed by atoms with E-state index < -0.39 is 0 Å². The number of hydrogen-bond acceptors (Lipinski definition) is 4. The van der Waals surface area contributed by atoms with Gasteiger partial charge in [0.15, 0.2) is 0 Å². The summed E-state index contributed by atoms with van der Waals surface area (Å²) in [6.07, 6.45) is 9.20. The maximum Gasteiger partial charge on any atom is 0.236 e. The molecular weight excluding hydrogens is 328 g/mol. The van der Waals surface area contributed by atoms with E-state index in [4.69, 9.17) is 0 Å². The third-order valence-electron chi connectivity index (χ3n) is 6.83. The zero-order valence-corrected chi connectivity index (χ0v) is 16.0. The fraction of sp³-hybridized carbons (Fsp3) is 0.900. The Morgan fingerprint density at radius 2 is 1.38 bits per heavy atom. The van der Waals surface area contributed by atoms with E-state index in [9.17, 15) is 9.59 Å². The second-order valence-electron chi connectivity index (χ2n) is 8.78. The average Bonchev–Trinajstić information content (AvgIpc) is 3.01. The van der Waals surface area contributed by atoms with Crippen molar-refractivity contribution in [2.24, 2.45) is 5.92 Å². The van der Waals surface area contributed by atoms with Crippen LogP contribution in [0.25, 0.3) is 0 Å². The Balaban J connectivity index is 1.18. The lowest BCUT2D eigenvalue weighted by Crippen LogP contribution is -2.52. The summed E-state index contributed by atoms with van der Waals surface area (Å²) in [5.74, 6) is 1.17. The van der Waals surface area contributed by atoms with Crippen molar-refractivity contribution in [3.05, 3.63) is 0 Å². The number of hydrogen-bond donors (Lipinski definition) is 1. The third kappa shape index (κ3) is 4.39. The molecule has 6 nitrogen and oxygen atoms in total. The van der Waals surface area contributed by atoms with Crippen molar-refractivity contribution in [3.63, 3.8) is 0 Å². The van der Waals surface area contributed by atoms with E-state index in [-0.39, 0.29) is 5.91 Å². The molecule has 0 saturated carbocycles. The summed E-state index contributed by atoms with van der Waals surface area (Å²) in [6, 6.07) is 1.31. The van der Waals surface area contributed by atoms with Gasteiger partial charge in [-0.25, -0.2) is 0 Å². The van der Waals surface area contributed by atoms with Crippen molar-refractivity contribution in [2.75, 3.05) is 45.8 Å². The lowest BCUT2D eigenvalue weighted by atomic mass is 9.89. The van der Waals surface area contributed by atoms with Gasteiger partial charge < -0.3 is 15.1 Å². The number of likely N-dealkylation sites (tertiary alicyclic amines) is 1. The molecule has 4 aliphatic rings. The highest BCUT2D eigenvalue weighted by atomic mass is 16.2. The van der Waals surface area contributed by atoms with Crippen molar-refractivity contribution in [1.82, 2.24) is 20.0 Å². The van der Waals surface area contributed by atoms with Crippen LogP contribution in [0.4, 0.5) is 0 Å². The molecule has 0 radical (unpaired) electrons. The van der Waals surface area contributed by atoms with Crippen LogP contribution in [0.3, 0.4) is 0 Å². The van der Waals surface area contributed by atoms with Crippen LogP contribution in [0.1, 0.15) is 51.4 Å². The first-order chi connectivity index (χ1) is 12.7. The molecule has 2 atom stereocenters. The Kier molecular flexibility index (Phi) is 5.79. The van der Waals surface area contributed by atoms with Gasteiger partial charge in [0, 0.05) is 57.8 Å². The summed E-state index contributed by atoms with van der Waals surface area (Å²) in [6.45, 7) is 5.62. The number of nitrogens with one attached hydrogen (secondary N) is 1.